The zero-order chi connectivity index (χ0) is 10.3. The molecular formula is C7H5BrN2O3S. The molecule has 2 rings (SSSR count). The summed E-state index contributed by atoms with van der Waals surface area (Å²) >= 11 is 3.21. The van der Waals surface area contributed by atoms with Crippen LogP contribution in [-0.4, -0.2) is 13.4 Å². The highest BCUT2D eigenvalue weighted by Crippen LogP contribution is 2.25. The van der Waals surface area contributed by atoms with E-state index in [1.807, 2.05) is 0 Å². The molecule has 0 atom stereocenters. The maximum atomic E-state index is 10.9. The minimum atomic E-state index is -3.88. The molecule has 0 aliphatic rings. The molecule has 1 aromatic heterocycles. The number of benzene rings is 1. The Balaban J connectivity index is 2.81. The zero-order valence-corrected chi connectivity index (χ0v) is 9.17. The fraction of sp³-hybridized carbons (Fsp3) is 0. The van der Waals surface area contributed by atoms with Gasteiger partial charge in [-0.25, -0.2) is 13.6 Å². The minimum Gasteiger partial charge on any atom is -0.426 e. The van der Waals surface area contributed by atoms with E-state index in [1.54, 1.807) is 18.2 Å². The van der Waals surface area contributed by atoms with Crippen LogP contribution in [0.4, 0.5) is 0 Å². The number of primary sulfonamides is 1. The summed E-state index contributed by atoms with van der Waals surface area (Å²) in [5, 5.41) is 4.40. The Labute approximate surface area is 88.1 Å². The van der Waals surface area contributed by atoms with E-state index in [-0.39, 0.29) is 0 Å². The first-order valence-corrected chi connectivity index (χ1v) is 5.90. The van der Waals surface area contributed by atoms with E-state index in [9.17, 15) is 8.42 Å². The smallest absolute Gasteiger partial charge is 0.331 e. The molecule has 0 bridgehead atoms. The van der Waals surface area contributed by atoms with E-state index in [0.29, 0.717) is 15.6 Å². The normalized spacial score (nSPS) is 12.1. The van der Waals surface area contributed by atoms with Crippen LogP contribution in [0.15, 0.2) is 32.3 Å². The summed E-state index contributed by atoms with van der Waals surface area (Å²) in [6.07, 6.45) is 0. The van der Waals surface area contributed by atoms with Gasteiger partial charge >= 0.3 is 5.22 Å². The van der Waals surface area contributed by atoms with Gasteiger partial charge in [0.05, 0.1) is 4.47 Å². The Hall–Kier alpha value is -0.920. The summed E-state index contributed by atoms with van der Waals surface area (Å²) in [6.45, 7) is 0. The van der Waals surface area contributed by atoms with Gasteiger partial charge in [-0.1, -0.05) is 6.07 Å². The average Bonchev–Trinajstić information content (AvgIpc) is 2.48. The highest BCUT2D eigenvalue weighted by molar-refractivity contribution is 9.10. The fourth-order valence-corrected chi connectivity index (χ4v) is 1.88. The van der Waals surface area contributed by atoms with Gasteiger partial charge in [0.15, 0.2) is 5.58 Å². The van der Waals surface area contributed by atoms with Crippen LogP contribution in [0, 0.1) is 0 Å². The topological polar surface area (TPSA) is 86.2 Å². The van der Waals surface area contributed by atoms with Crippen molar-refractivity contribution in [1.82, 2.24) is 4.98 Å². The number of hydrogen-bond acceptors (Lipinski definition) is 4. The summed E-state index contributed by atoms with van der Waals surface area (Å²) in [6, 6.07) is 5.08. The maximum Gasteiger partial charge on any atom is 0.331 e. The summed E-state index contributed by atoms with van der Waals surface area (Å²) in [5.41, 5.74) is 0.819. The van der Waals surface area contributed by atoms with Crippen molar-refractivity contribution in [3.63, 3.8) is 0 Å². The number of aromatic nitrogens is 1. The molecule has 0 radical (unpaired) electrons. The minimum absolute atomic E-state index is 0.372. The SMILES string of the molecule is NS(=O)(=O)c1nc2cccc(Br)c2o1. The van der Waals surface area contributed by atoms with Crippen molar-refractivity contribution in [2.24, 2.45) is 5.14 Å². The second-order valence-electron chi connectivity index (χ2n) is 2.61. The first kappa shape index (κ1) is 9.63. The average molecular weight is 277 g/mol. The largest absolute Gasteiger partial charge is 0.426 e. The van der Waals surface area contributed by atoms with Gasteiger partial charge in [-0.2, -0.15) is 4.98 Å². The molecule has 2 N–H and O–H groups in total. The summed E-state index contributed by atoms with van der Waals surface area (Å²) < 4.78 is 27.5. The zero-order valence-electron chi connectivity index (χ0n) is 6.77. The first-order valence-electron chi connectivity index (χ1n) is 3.56. The molecule has 0 saturated carbocycles. The van der Waals surface area contributed by atoms with Crippen molar-refractivity contribution in [3.8, 4) is 0 Å². The number of sulfonamides is 1. The Bertz CT molecular complexity index is 590. The molecular weight excluding hydrogens is 272 g/mol. The Kier molecular flexibility index (Phi) is 2.09. The van der Waals surface area contributed by atoms with Crippen molar-refractivity contribution < 1.29 is 12.8 Å². The van der Waals surface area contributed by atoms with E-state index >= 15 is 0 Å². The van der Waals surface area contributed by atoms with Crippen molar-refractivity contribution >= 4 is 37.1 Å². The van der Waals surface area contributed by atoms with Gasteiger partial charge in [0, 0.05) is 0 Å². The third-order valence-electron chi connectivity index (χ3n) is 1.59. The molecule has 1 heterocycles. The third-order valence-corrected chi connectivity index (χ3v) is 2.88. The number of oxazole rings is 1. The molecule has 0 aliphatic carbocycles. The molecule has 0 aliphatic heterocycles. The second-order valence-corrected chi connectivity index (χ2v) is 4.91. The van der Waals surface area contributed by atoms with Crippen LogP contribution in [0.1, 0.15) is 0 Å². The van der Waals surface area contributed by atoms with Crippen molar-refractivity contribution in [1.29, 1.82) is 0 Å². The quantitative estimate of drug-likeness (QED) is 0.849. The van der Waals surface area contributed by atoms with E-state index in [4.69, 9.17) is 9.56 Å². The molecule has 0 amide bonds. The maximum absolute atomic E-state index is 10.9. The Morgan fingerprint density at radius 2 is 2.14 bits per heavy atom. The molecule has 14 heavy (non-hydrogen) atoms. The molecule has 0 unspecified atom stereocenters. The van der Waals surface area contributed by atoms with E-state index in [0.717, 1.165) is 0 Å². The lowest BCUT2D eigenvalue weighted by molar-refractivity contribution is 0.458. The van der Waals surface area contributed by atoms with Crippen LogP contribution in [0.3, 0.4) is 0 Å². The molecule has 5 nitrogen and oxygen atoms in total. The van der Waals surface area contributed by atoms with Crippen molar-refractivity contribution in [2.75, 3.05) is 0 Å². The Morgan fingerprint density at radius 1 is 1.43 bits per heavy atom. The lowest BCUT2D eigenvalue weighted by Gasteiger charge is -1.88. The number of nitrogens with zero attached hydrogens (tertiary/aromatic N) is 1. The van der Waals surface area contributed by atoms with Gasteiger partial charge in [-0.05, 0) is 28.1 Å². The van der Waals surface area contributed by atoms with Gasteiger partial charge in [0.25, 0.3) is 10.0 Å². The van der Waals surface area contributed by atoms with Gasteiger partial charge in [-0.3, -0.25) is 0 Å². The second kappa shape index (κ2) is 3.04. The van der Waals surface area contributed by atoms with Gasteiger partial charge in [0.2, 0.25) is 0 Å². The fourth-order valence-electron chi connectivity index (χ4n) is 1.02. The predicted molar refractivity (Wildman–Crippen MR) is 53.1 cm³/mol. The van der Waals surface area contributed by atoms with Gasteiger partial charge in [0.1, 0.15) is 5.52 Å². The van der Waals surface area contributed by atoms with Crippen LogP contribution in [0.2, 0.25) is 0 Å². The third kappa shape index (κ3) is 1.54. The highest BCUT2D eigenvalue weighted by Gasteiger charge is 2.17. The lowest BCUT2D eigenvalue weighted by atomic mass is 10.3. The van der Waals surface area contributed by atoms with Crippen molar-refractivity contribution in [3.05, 3.63) is 22.7 Å². The van der Waals surface area contributed by atoms with Crippen molar-refractivity contribution in [2.45, 2.75) is 5.22 Å². The van der Waals surface area contributed by atoms with E-state index in [2.05, 4.69) is 20.9 Å². The van der Waals surface area contributed by atoms with Crippen LogP contribution in [-0.2, 0) is 10.0 Å². The van der Waals surface area contributed by atoms with E-state index < -0.39 is 15.2 Å². The molecule has 74 valence electrons. The predicted octanol–water partition coefficient (Wildman–Crippen LogP) is 1.24. The molecule has 0 saturated heterocycles. The summed E-state index contributed by atoms with van der Waals surface area (Å²) in [5.74, 6) is 0. The number of hydrogen-bond donors (Lipinski definition) is 1. The van der Waals surface area contributed by atoms with Gasteiger partial charge in [-0.15, -0.1) is 0 Å². The monoisotopic (exact) mass is 276 g/mol. The molecule has 1 aromatic carbocycles. The number of rotatable bonds is 1. The number of fused-ring (bicyclic) bond motifs is 1. The van der Waals surface area contributed by atoms with Crippen LogP contribution >= 0.6 is 15.9 Å². The van der Waals surface area contributed by atoms with Crippen LogP contribution in [0.25, 0.3) is 11.1 Å². The summed E-state index contributed by atoms with van der Waals surface area (Å²) in [7, 11) is -3.88. The molecule has 0 fully saturated rings. The highest BCUT2D eigenvalue weighted by atomic mass is 79.9. The number of nitrogens with two attached hydrogens (primary N) is 1. The Morgan fingerprint density at radius 3 is 2.71 bits per heavy atom. The number of halogens is 1. The van der Waals surface area contributed by atoms with Crippen LogP contribution < -0.4 is 5.14 Å². The van der Waals surface area contributed by atoms with E-state index in [1.165, 1.54) is 0 Å². The van der Waals surface area contributed by atoms with Crippen LogP contribution in [0.5, 0.6) is 0 Å². The lowest BCUT2D eigenvalue weighted by Crippen LogP contribution is -2.12. The molecule has 0 spiro atoms. The summed E-state index contributed by atoms with van der Waals surface area (Å²) in [4.78, 5) is 3.74. The number of para-hydroxylation sites is 1. The standard InChI is InChI=1S/C7H5BrN2O3S/c8-4-2-1-3-5-6(4)13-7(10-5)14(9,11)12/h1-3H,(H2,9,11,12). The first-order chi connectivity index (χ1) is 6.48. The molecule has 7 heteroatoms. The van der Waals surface area contributed by atoms with Gasteiger partial charge < -0.3 is 4.42 Å². The molecule has 2 aromatic rings.